The monoisotopic (exact) mass is 362 g/mol. The average molecular weight is 362 g/mol. The topological polar surface area (TPSA) is 192 Å². The van der Waals surface area contributed by atoms with Crippen molar-refractivity contribution in [2.24, 2.45) is 5.73 Å². The van der Waals surface area contributed by atoms with Gasteiger partial charge in [-0.3, -0.25) is 35.8 Å². The average Bonchev–Trinajstić information content (AvgIpc) is 2.59. The van der Waals surface area contributed by atoms with E-state index in [1.54, 1.807) is 18.2 Å². The first-order chi connectivity index (χ1) is 12.2. The molecule has 2 aromatic rings. The number of rotatable bonds is 6. The van der Waals surface area contributed by atoms with Crippen molar-refractivity contribution in [3.05, 3.63) is 72.8 Å². The molecule has 0 aromatic heterocycles. The number of para-hydroxylation sites is 1. The summed E-state index contributed by atoms with van der Waals surface area (Å²) in [7, 11) is 0. The first-order valence-corrected chi connectivity index (χ1v) is 6.70. The molecular formula is C13H10N6O7. The van der Waals surface area contributed by atoms with E-state index in [9.17, 15) is 30.3 Å². The highest BCUT2D eigenvalue weighted by atomic mass is 16.7. The highest BCUT2D eigenvalue weighted by Crippen LogP contribution is 2.41. The van der Waals surface area contributed by atoms with Crippen LogP contribution in [0, 0.1) is 35.8 Å². The van der Waals surface area contributed by atoms with Crippen molar-refractivity contribution in [3.63, 3.8) is 0 Å². The highest BCUT2D eigenvalue weighted by molar-refractivity contribution is 5.91. The zero-order valence-electron chi connectivity index (χ0n) is 12.8. The molecule has 0 aliphatic rings. The van der Waals surface area contributed by atoms with Gasteiger partial charge in [-0.05, 0) is 12.1 Å². The van der Waals surface area contributed by atoms with E-state index in [0.717, 1.165) is 0 Å². The SMILES string of the molecule is N=C(N)N(Oc1c([N+](=O)[O-])cc([N+](=O)[O-])cc1[N+](=O)[O-])c1ccccc1. The summed E-state index contributed by atoms with van der Waals surface area (Å²) in [5.41, 5.74) is 2.64. The fourth-order valence-electron chi connectivity index (χ4n) is 1.95. The van der Waals surface area contributed by atoms with Crippen molar-refractivity contribution in [1.82, 2.24) is 0 Å². The molecule has 0 aliphatic heterocycles. The Morgan fingerprint density at radius 2 is 1.46 bits per heavy atom. The number of hydrogen-bond donors (Lipinski definition) is 2. The standard InChI is InChI=1S/C13H10N6O7/c14-13(15)16(8-4-2-1-3-5-8)26-12-10(18(22)23)6-9(17(20)21)7-11(12)19(24)25/h1-7H,(H3,14,15). The third-order valence-corrected chi connectivity index (χ3v) is 3.03. The molecule has 0 atom stereocenters. The summed E-state index contributed by atoms with van der Waals surface area (Å²) in [5, 5.41) is 41.5. The number of guanidine groups is 1. The van der Waals surface area contributed by atoms with Gasteiger partial charge in [0.1, 0.15) is 0 Å². The predicted molar refractivity (Wildman–Crippen MR) is 87.9 cm³/mol. The van der Waals surface area contributed by atoms with Crippen LogP contribution in [0.5, 0.6) is 5.75 Å². The Balaban J connectivity index is 2.66. The molecule has 0 saturated heterocycles. The van der Waals surface area contributed by atoms with Crippen molar-refractivity contribution < 1.29 is 19.6 Å². The minimum atomic E-state index is -1.07. The molecular weight excluding hydrogens is 352 g/mol. The number of hydroxylamine groups is 1. The number of nitro benzene ring substituents is 3. The van der Waals surface area contributed by atoms with Gasteiger partial charge in [0.05, 0.1) is 32.6 Å². The third-order valence-electron chi connectivity index (χ3n) is 3.03. The van der Waals surface area contributed by atoms with Crippen LogP contribution < -0.4 is 15.6 Å². The molecule has 13 nitrogen and oxygen atoms in total. The molecule has 0 aliphatic carbocycles. The van der Waals surface area contributed by atoms with Crippen LogP contribution in [0.25, 0.3) is 0 Å². The van der Waals surface area contributed by atoms with E-state index >= 15 is 0 Å². The number of non-ortho nitro benzene ring substituents is 1. The maximum atomic E-state index is 11.2. The van der Waals surface area contributed by atoms with Gasteiger partial charge in [0.2, 0.25) is 5.96 Å². The van der Waals surface area contributed by atoms with Gasteiger partial charge < -0.3 is 10.6 Å². The molecule has 2 aromatic carbocycles. The number of nitrogens with zero attached hydrogens (tertiary/aromatic N) is 4. The molecule has 2 rings (SSSR count). The second-order valence-electron chi connectivity index (χ2n) is 4.69. The van der Waals surface area contributed by atoms with Gasteiger partial charge in [-0.15, -0.1) is 5.06 Å². The van der Waals surface area contributed by atoms with Gasteiger partial charge in [0.15, 0.2) is 0 Å². The summed E-state index contributed by atoms with van der Waals surface area (Å²) in [6.07, 6.45) is 0. The Hall–Kier alpha value is -4.29. The molecule has 0 fully saturated rings. The van der Waals surface area contributed by atoms with Gasteiger partial charge in [-0.2, -0.15) is 0 Å². The molecule has 3 N–H and O–H groups in total. The van der Waals surface area contributed by atoms with Crippen LogP contribution in [0.2, 0.25) is 0 Å². The lowest BCUT2D eigenvalue weighted by Crippen LogP contribution is -2.39. The Morgan fingerprint density at radius 3 is 1.85 bits per heavy atom. The van der Waals surface area contributed by atoms with Crippen LogP contribution in [0.1, 0.15) is 0 Å². The predicted octanol–water partition coefficient (Wildman–Crippen LogP) is 2.11. The molecule has 13 heteroatoms. The number of benzene rings is 2. The van der Waals surface area contributed by atoms with Gasteiger partial charge in [0, 0.05) is 0 Å². The molecule has 26 heavy (non-hydrogen) atoms. The Labute approximate surface area is 144 Å². The lowest BCUT2D eigenvalue weighted by Gasteiger charge is -2.21. The van der Waals surface area contributed by atoms with E-state index < -0.39 is 43.5 Å². The second kappa shape index (κ2) is 7.08. The van der Waals surface area contributed by atoms with Crippen LogP contribution in [-0.2, 0) is 0 Å². The first-order valence-electron chi connectivity index (χ1n) is 6.70. The number of nitro groups is 3. The molecule has 0 spiro atoms. The maximum Gasteiger partial charge on any atom is 0.328 e. The lowest BCUT2D eigenvalue weighted by atomic mass is 10.2. The quantitative estimate of drug-likeness (QED) is 0.335. The maximum absolute atomic E-state index is 11.2. The molecule has 0 radical (unpaired) electrons. The summed E-state index contributed by atoms with van der Waals surface area (Å²) < 4.78 is 0. The fraction of sp³-hybridized carbons (Fsp3) is 0. The summed E-state index contributed by atoms with van der Waals surface area (Å²) >= 11 is 0. The van der Waals surface area contributed by atoms with E-state index in [0.29, 0.717) is 17.2 Å². The zero-order chi connectivity index (χ0) is 19.4. The Bertz CT molecular complexity index is 866. The van der Waals surface area contributed by atoms with E-state index in [4.69, 9.17) is 16.0 Å². The highest BCUT2D eigenvalue weighted by Gasteiger charge is 2.34. The summed E-state index contributed by atoms with van der Waals surface area (Å²) in [6, 6.07) is 8.64. The Kier molecular flexibility index (Phi) is 4.92. The minimum Gasteiger partial charge on any atom is -0.367 e. The smallest absolute Gasteiger partial charge is 0.328 e. The van der Waals surface area contributed by atoms with Crippen LogP contribution >= 0.6 is 0 Å². The minimum absolute atomic E-state index is 0.155. The Morgan fingerprint density at radius 1 is 0.962 bits per heavy atom. The van der Waals surface area contributed by atoms with Crippen LogP contribution in [0.3, 0.4) is 0 Å². The van der Waals surface area contributed by atoms with Crippen LogP contribution in [-0.4, -0.2) is 20.7 Å². The fourth-order valence-corrected chi connectivity index (χ4v) is 1.95. The number of nitrogens with two attached hydrogens (primary N) is 1. The van der Waals surface area contributed by atoms with Gasteiger partial charge in [0.25, 0.3) is 5.69 Å². The van der Waals surface area contributed by atoms with Crippen LogP contribution in [0.15, 0.2) is 42.5 Å². The molecule has 134 valence electrons. The largest absolute Gasteiger partial charge is 0.367 e. The van der Waals surface area contributed by atoms with E-state index in [1.807, 2.05) is 0 Å². The zero-order valence-corrected chi connectivity index (χ0v) is 12.8. The summed E-state index contributed by atoms with van der Waals surface area (Å²) in [6.45, 7) is 0. The van der Waals surface area contributed by atoms with Gasteiger partial charge >= 0.3 is 17.1 Å². The van der Waals surface area contributed by atoms with Crippen molar-refractivity contribution >= 4 is 28.7 Å². The first kappa shape index (κ1) is 18.1. The number of nitrogens with one attached hydrogen (secondary N) is 1. The number of anilines is 1. The van der Waals surface area contributed by atoms with Crippen molar-refractivity contribution in [2.45, 2.75) is 0 Å². The number of hydrogen-bond acceptors (Lipinski definition) is 8. The molecule has 0 bridgehead atoms. The van der Waals surface area contributed by atoms with Gasteiger partial charge in [-0.25, -0.2) is 0 Å². The van der Waals surface area contributed by atoms with E-state index in [1.165, 1.54) is 12.1 Å². The van der Waals surface area contributed by atoms with Crippen molar-refractivity contribution in [2.75, 3.05) is 5.06 Å². The second-order valence-corrected chi connectivity index (χ2v) is 4.69. The summed E-state index contributed by atoms with van der Waals surface area (Å²) in [4.78, 5) is 35.3. The molecule has 0 amide bonds. The van der Waals surface area contributed by atoms with E-state index in [-0.39, 0.29) is 5.69 Å². The molecule has 0 unspecified atom stereocenters. The van der Waals surface area contributed by atoms with E-state index in [2.05, 4.69) is 0 Å². The van der Waals surface area contributed by atoms with Crippen LogP contribution in [0.4, 0.5) is 22.7 Å². The summed E-state index contributed by atoms with van der Waals surface area (Å²) in [5.74, 6) is -1.62. The normalized spacial score (nSPS) is 10.0. The van der Waals surface area contributed by atoms with Crippen molar-refractivity contribution in [1.29, 1.82) is 5.41 Å². The van der Waals surface area contributed by atoms with Crippen molar-refractivity contribution in [3.8, 4) is 5.75 Å². The molecule has 0 saturated carbocycles. The molecule has 0 heterocycles. The lowest BCUT2D eigenvalue weighted by molar-refractivity contribution is -0.404. The van der Waals surface area contributed by atoms with Gasteiger partial charge in [-0.1, -0.05) is 18.2 Å². The third kappa shape index (κ3) is 3.61.